The third-order valence-electron chi connectivity index (χ3n) is 3.00. The zero-order valence-electron chi connectivity index (χ0n) is 9.58. The molecule has 0 aromatic heterocycles. The molecule has 0 bridgehead atoms. The number of alkyl halides is 1. The number of hydrogen-bond acceptors (Lipinski definition) is 1. The lowest BCUT2D eigenvalue weighted by molar-refractivity contribution is 0.414. The summed E-state index contributed by atoms with van der Waals surface area (Å²) in [4.78, 5) is 0. The Hall–Kier alpha value is -0.950. The minimum atomic E-state index is 0.184. The standard InChI is InChI=1S/C14H17ClO/c1-16-14-8-4-6-12(10-14)11-5-2-3-7-13(15)9-11/h4,6,8-10,13H,2-3,5,7H2,1H3. The molecule has 0 radical (unpaired) electrons. The number of hydrogen-bond donors (Lipinski definition) is 0. The fourth-order valence-electron chi connectivity index (χ4n) is 2.10. The lowest BCUT2D eigenvalue weighted by Crippen LogP contribution is -1.92. The van der Waals surface area contributed by atoms with Gasteiger partial charge in [-0.3, -0.25) is 0 Å². The molecule has 1 aromatic rings. The van der Waals surface area contributed by atoms with Gasteiger partial charge in [-0.15, -0.1) is 11.6 Å². The average Bonchev–Trinajstić information content (AvgIpc) is 2.54. The zero-order chi connectivity index (χ0) is 11.4. The molecule has 0 fully saturated rings. The number of halogens is 1. The van der Waals surface area contributed by atoms with Crippen molar-refractivity contribution in [2.75, 3.05) is 7.11 Å². The smallest absolute Gasteiger partial charge is 0.119 e. The molecule has 1 aromatic carbocycles. The van der Waals surface area contributed by atoms with Gasteiger partial charge in [-0.05, 0) is 42.5 Å². The first-order valence-corrected chi connectivity index (χ1v) is 6.22. The van der Waals surface area contributed by atoms with Gasteiger partial charge in [0.15, 0.2) is 0 Å². The van der Waals surface area contributed by atoms with Gasteiger partial charge in [-0.2, -0.15) is 0 Å². The van der Waals surface area contributed by atoms with Crippen LogP contribution in [-0.4, -0.2) is 12.5 Å². The van der Waals surface area contributed by atoms with E-state index in [-0.39, 0.29) is 5.38 Å². The number of rotatable bonds is 2. The van der Waals surface area contributed by atoms with E-state index in [9.17, 15) is 0 Å². The minimum Gasteiger partial charge on any atom is -0.497 e. The molecule has 0 spiro atoms. The van der Waals surface area contributed by atoms with Crippen molar-refractivity contribution in [2.24, 2.45) is 0 Å². The fourth-order valence-corrected chi connectivity index (χ4v) is 2.41. The van der Waals surface area contributed by atoms with Gasteiger partial charge in [-0.1, -0.05) is 24.6 Å². The number of benzene rings is 1. The maximum absolute atomic E-state index is 6.23. The summed E-state index contributed by atoms with van der Waals surface area (Å²) in [5.41, 5.74) is 2.60. The molecule has 2 heteroatoms. The second kappa shape index (κ2) is 5.40. The van der Waals surface area contributed by atoms with Crippen LogP contribution in [0.1, 0.15) is 31.2 Å². The van der Waals surface area contributed by atoms with Gasteiger partial charge in [0.25, 0.3) is 0 Å². The van der Waals surface area contributed by atoms with E-state index in [0.29, 0.717) is 0 Å². The van der Waals surface area contributed by atoms with Crippen LogP contribution in [0.5, 0.6) is 5.75 Å². The molecule has 0 heterocycles. The number of allylic oxidation sites excluding steroid dienone is 2. The van der Waals surface area contributed by atoms with E-state index in [1.807, 2.05) is 12.1 Å². The summed E-state index contributed by atoms with van der Waals surface area (Å²) >= 11 is 6.23. The van der Waals surface area contributed by atoms with E-state index >= 15 is 0 Å². The Kier molecular flexibility index (Phi) is 3.89. The van der Waals surface area contributed by atoms with Gasteiger partial charge in [0.2, 0.25) is 0 Å². The van der Waals surface area contributed by atoms with E-state index in [1.54, 1.807) is 7.11 Å². The van der Waals surface area contributed by atoms with E-state index < -0.39 is 0 Å². The Morgan fingerprint density at radius 2 is 2.19 bits per heavy atom. The van der Waals surface area contributed by atoms with E-state index in [1.165, 1.54) is 24.0 Å². The molecule has 1 aliphatic carbocycles. The third kappa shape index (κ3) is 2.79. The molecule has 0 amide bonds. The molecule has 2 rings (SSSR count). The van der Waals surface area contributed by atoms with Crippen molar-refractivity contribution in [3.63, 3.8) is 0 Å². The highest BCUT2D eigenvalue weighted by molar-refractivity contribution is 6.22. The van der Waals surface area contributed by atoms with Gasteiger partial charge in [0.1, 0.15) is 5.75 Å². The van der Waals surface area contributed by atoms with Crippen molar-refractivity contribution in [3.05, 3.63) is 35.9 Å². The molecule has 1 atom stereocenters. The van der Waals surface area contributed by atoms with E-state index in [0.717, 1.165) is 18.6 Å². The normalized spacial score (nSPS) is 21.1. The lowest BCUT2D eigenvalue weighted by atomic mass is 10.0. The predicted molar refractivity (Wildman–Crippen MR) is 69.1 cm³/mol. The summed E-state index contributed by atoms with van der Waals surface area (Å²) in [6.45, 7) is 0. The molecule has 0 aliphatic heterocycles. The summed E-state index contributed by atoms with van der Waals surface area (Å²) < 4.78 is 5.24. The maximum atomic E-state index is 6.23. The summed E-state index contributed by atoms with van der Waals surface area (Å²) in [7, 11) is 1.70. The highest BCUT2D eigenvalue weighted by atomic mass is 35.5. The lowest BCUT2D eigenvalue weighted by Gasteiger charge is -2.08. The molecule has 0 N–H and O–H groups in total. The molecule has 0 saturated heterocycles. The van der Waals surface area contributed by atoms with E-state index in [4.69, 9.17) is 16.3 Å². The van der Waals surface area contributed by atoms with Gasteiger partial charge >= 0.3 is 0 Å². The topological polar surface area (TPSA) is 9.23 Å². The average molecular weight is 237 g/mol. The Morgan fingerprint density at radius 3 is 3.00 bits per heavy atom. The van der Waals surface area contributed by atoms with Gasteiger partial charge in [-0.25, -0.2) is 0 Å². The molecule has 16 heavy (non-hydrogen) atoms. The monoisotopic (exact) mass is 236 g/mol. The first kappa shape index (κ1) is 11.5. The zero-order valence-corrected chi connectivity index (χ0v) is 10.3. The van der Waals surface area contributed by atoms with Gasteiger partial charge < -0.3 is 4.74 Å². The summed E-state index contributed by atoms with van der Waals surface area (Å²) in [5, 5.41) is 0.184. The highest BCUT2D eigenvalue weighted by Crippen LogP contribution is 2.29. The van der Waals surface area contributed by atoms with Crippen LogP contribution in [0.4, 0.5) is 0 Å². The molecule has 1 unspecified atom stereocenters. The van der Waals surface area contributed by atoms with Crippen LogP contribution in [0.25, 0.3) is 5.57 Å². The summed E-state index contributed by atoms with van der Waals surface area (Å²) in [5.74, 6) is 0.911. The number of methoxy groups -OCH3 is 1. The fraction of sp³-hybridized carbons (Fsp3) is 0.429. The van der Waals surface area contributed by atoms with Crippen LogP contribution in [0.15, 0.2) is 30.3 Å². The second-order valence-electron chi connectivity index (χ2n) is 4.19. The largest absolute Gasteiger partial charge is 0.497 e. The molecular weight excluding hydrogens is 220 g/mol. The van der Waals surface area contributed by atoms with Crippen LogP contribution >= 0.6 is 11.6 Å². The Labute approximate surface area is 102 Å². The molecule has 1 aliphatic rings. The van der Waals surface area contributed by atoms with Crippen LogP contribution in [-0.2, 0) is 0 Å². The molecular formula is C14H17ClO. The van der Waals surface area contributed by atoms with Crippen LogP contribution in [0.3, 0.4) is 0 Å². The molecule has 0 saturated carbocycles. The Morgan fingerprint density at radius 1 is 1.31 bits per heavy atom. The van der Waals surface area contributed by atoms with Crippen molar-refractivity contribution in [3.8, 4) is 5.75 Å². The van der Waals surface area contributed by atoms with Crippen molar-refractivity contribution in [2.45, 2.75) is 31.1 Å². The Bertz CT molecular complexity index is 384. The third-order valence-corrected chi connectivity index (χ3v) is 3.34. The SMILES string of the molecule is COc1cccc(C2=CC(Cl)CCCC2)c1. The number of ether oxygens (including phenoxy) is 1. The van der Waals surface area contributed by atoms with Gasteiger partial charge in [0.05, 0.1) is 12.5 Å². The maximum Gasteiger partial charge on any atom is 0.119 e. The van der Waals surface area contributed by atoms with Crippen LogP contribution in [0.2, 0.25) is 0 Å². The predicted octanol–water partition coefficient (Wildman–Crippen LogP) is 4.26. The summed E-state index contributed by atoms with van der Waals surface area (Å²) in [6, 6.07) is 8.21. The second-order valence-corrected chi connectivity index (χ2v) is 4.75. The van der Waals surface area contributed by atoms with E-state index in [2.05, 4.69) is 18.2 Å². The van der Waals surface area contributed by atoms with Crippen molar-refractivity contribution < 1.29 is 4.74 Å². The van der Waals surface area contributed by atoms with Crippen molar-refractivity contribution in [1.29, 1.82) is 0 Å². The van der Waals surface area contributed by atoms with Crippen LogP contribution < -0.4 is 4.74 Å². The first-order valence-electron chi connectivity index (χ1n) is 5.79. The van der Waals surface area contributed by atoms with Gasteiger partial charge in [0, 0.05) is 0 Å². The first-order chi connectivity index (χ1) is 7.79. The van der Waals surface area contributed by atoms with Crippen LogP contribution in [0, 0.1) is 0 Å². The summed E-state index contributed by atoms with van der Waals surface area (Å²) in [6.07, 6.45) is 6.86. The quantitative estimate of drug-likeness (QED) is 0.698. The molecule has 86 valence electrons. The van der Waals surface area contributed by atoms with Crippen molar-refractivity contribution >= 4 is 17.2 Å². The highest BCUT2D eigenvalue weighted by Gasteiger charge is 2.11. The minimum absolute atomic E-state index is 0.184. The van der Waals surface area contributed by atoms with Crippen molar-refractivity contribution in [1.82, 2.24) is 0 Å². The Balaban J connectivity index is 2.27. The molecule has 1 nitrogen and oxygen atoms in total.